The molecule has 2 heterocycles. The molecule has 3 N–H and O–H groups in total. The van der Waals surface area contributed by atoms with Gasteiger partial charge in [-0.3, -0.25) is 0 Å². The third-order valence-electron chi connectivity index (χ3n) is 2.87. The van der Waals surface area contributed by atoms with Gasteiger partial charge in [-0.25, -0.2) is 20.8 Å². The largest absolute Gasteiger partial charge is 0.308 e. The highest BCUT2D eigenvalue weighted by atomic mass is 35.5. The fourth-order valence-corrected chi connectivity index (χ4v) is 2.53. The van der Waals surface area contributed by atoms with E-state index in [4.69, 9.17) is 29.0 Å². The van der Waals surface area contributed by atoms with E-state index in [0.717, 1.165) is 11.3 Å². The smallest absolute Gasteiger partial charge is 0.182 e. The number of nitrogens with two attached hydrogens (primary N) is 1. The molecule has 106 valence electrons. The van der Waals surface area contributed by atoms with E-state index in [0.29, 0.717) is 27.4 Å². The molecule has 0 unspecified atom stereocenters. The Bertz CT molecular complexity index is 643. The molecule has 0 aliphatic carbocycles. The molecular formula is C13H15Cl2N5. The van der Waals surface area contributed by atoms with Crippen LogP contribution < -0.4 is 11.3 Å². The molecule has 0 saturated carbocycles. The molecule has 0 atom stereocenters. The Morgan fingerprint density at radius 2 is 1.95 bits per heavy atom. The SMILES string of the molecule is Cc1nc(-c2ncc(Cl)cc2Cl)nc(NN)c1C(C)C. The van der Waals surface area contributed by atoms with Crippen molar-refractivity contribution in [1.29, 1.82) is 0 Å². The van der Waals surface area contributed by atoms with E-state index >= 15 is 0 Å². The molecule has 7 heteroatoms. The number of nitrogens with zero attached hydrogens (tertiary/aromatic N) is 3. The first kappa shape index (κ1) is 15.0. The monoisotopic (exact) mass is 311 g/mol. The molecule has 0 saturated heterocycles. The van der Waals surface area contributed by atoms with Gasteiger partial charge in [-0.1, -0.05) is 37.0 Å². The second-order valence-electron chi connectivity index (χ2n) is 4.68. The lowest BCUT2D eigenvalue weighted by Crippen LogP contribution is -2.15. The van der Waals surface area contributed by atoms with Gasteiger partial charge < -0.3 is 5.43 Å². The van der Waals surface area contributed by atoms with Crippen LogP contribution in [0.3, 0.4) is 0 Å². The quantitative estimate of drug-likeness (QED) is 0.669. The van der Waals surface area contributed by atoms with Crippen molar-refractivity contribution in [3.63, 3.8) is 0 Å². The van der Waals surface area contributed by atoms with Crippen LogP contribution in [0.25, 0.3) is 11.5 Å². The first-order chi connectivity index (χ1) is 9.43. The summed E-state index contributed by atoms with van der Waals surface area (Å²) in [5.74, 6) is 6.80. The van der Waals surface area contributed by atoms with Gasteiger partial charge >= 0.3 is 0 Å². The summed E-state index contributed by atoms with van der Waals surface area (Å²) in [7, 11) is 0. The zero-order valence-corrected chi connectivity index (χ0v) is 12.9. The zero-order valence-electron chi connectivity index (χ0n) is 11.4. The number of aromatic nitrogens is 3. The summed E-state index contributed by atoms with van der Waals surface area (Å²) in [6.07, 6.45) is 1.51. The minimum absolute atomic E-state index is 0.253. The first-order valence-corrected chi connectivity index (χ1v) is 6.86. The Hall–Kier alpha value is -1.43. The summed E-state index contributed by atoms with van der Waals surface area (Å²) in [6.45, 7) is 6.02. The topological polar surface area (TPSA) is 76.7 Å². The lowest BCUT2D eigenvalue weighted by atomic mass is 10.0. The van der Waals surface area contributed by atoms with Gasteiger partial charge in [0, 0.05) is 17.5 Å². The fraction of sp³-hybridized carbons (Fsp3) is 0.308. The maximum Gasteiger partial charge on any atom is 0.182 e. The normalized spacial score (nSPS) is 10.9. The van der Waals surface area contributed by atoms with Crippen molar-refractivity contribution < 1.29 is 0 Å². The minimum Gasteiger partial charge on any atom is -0.308 e. The van der Waals surface area contributed by atoms with Gasteiger partial charge in [0.25, 0.3) is 0 Å². The van der Waals surface area contributed by atoms with Crippen LogP contribution in [-0.4, -0.2) is 15.0 Å². The number of nitrogen functional groups attached to an aromatic ring is 1. The molecule has 0 fully saturated rings. The molecule has 2 aromatic heterocycles. The van der Waals surface area contributed by atoms with Crippen molar-refractivity contribution in [1.82, 2.24) is 15.0 Å². The van der Waals surface area contributed by atoms with Gasteiger partial charge in [0.1, 0.15) is 11.5 Å². The molecule has 0 aromatic carbocycles. The summed E-state index contributed by atoms with van der Waals surface area (Å²) in [5, 5.41) is 0.864. The van der Waals surface area contributed by atoms with Crippen molar-refractivity contribution in [2.45, 2.75) is 26.7 Å². The van der Waals surface area contributed by atoms with E-state index < -0.39 is 0 Å². The van der Waals surface area contributed by atoms with Crippen molar-refractivity contribution in [2.75, 3.05) is 5.43 Å². The van der Waals surface area contributed by atoms with Crippen LogP contribution in [0.4, 0.5) is 5.82 Å². The molecule has 2 rings (SSSR count). The van der Waals surface area contributed by atoms with E-state index in [1.807, 2.05) is 6.92 Å². The summed E-state index contributed by atoms with van der Waals surface area (Å²) in [5.41, 5.74) is 4.90. The van der Waals surface area contributed by atoms with Crippen molar-refractivity contribution in [2.24, 2.45) is 5.84 Å². The van der Waals surface area contributed by atoms with Crippen LogP contribution in [0.15, 0.2) is 12.3 Å². The van der Waals surface area contributed by atoms with E-state index in [9.17, 15) is 0 Å². The average Bonchev–Trinajstić information content (AvgIpc) is 2.37. The number of hydrazine groups is 1. The summed E-state index contributed by atoms with van der Waals surface area (Å²) < 4.78 is 0. The Morgan fingerprint density at radius 3 is 2.50 bits per heavy atom. The molecule has 0 radical (unpaired) electrons. The fourth-order valence-electron chi connectivity index (χ4n) is 2.07. The molecule has 5 nitrogen and oxygen atoms in total. The second kappa shape index (κ2) is 5.91. The number of hydrogen-bond acceptors (Lipinski definition) is 5. The predicted molar refractivity (Wildman–Crippen MR) is 81.9 cm³/mol. The van der Waals surface area contributed by atoms with Crippen molar-refractivity contribution >= 4 is 29.0 Å². The third kappa shape index (κ3) is 2.85. The van der Waals surface area contributed by atoms with Gasteiger partial charge in [-0.2, -0.15) is 0 Å². The van der Waals surface area contributed by atoms with Crippen LogP contribution in [-0.2, 0) is 0 Å². The maximum absolute atomic E-state index is 6.14. The Balaban J connectivity index is 2.61. The molecule has 0 aliphatic heterocycles. The number of rotatable bonds is 3. The molecule has 0 spiro atoms. The Morgan fingerprint density at radius 1 is 1.25 bits per heavy atom. The standard InChI is InChI=1S/C13H15Cl2N5/c1-6(2)10-7(3)18-13(19-12(10)20-16)11-9(15)4-8(14)5-17-11/h4-6H,16H2,1-3H3,(H,18,19,20). The van der Waals surface area contributed by atoms with Crippen molar-refractivity contribution in [3.8, 4) is 11.5 Å². The molecule has 2 aromatic rings. The van der Waals surface area contributed by atoms with Crippen LogP contribution in [0.2, 0.25) is 10.0 Å². The zero-order chi connectivity index (χ0) is 14.9. The molecule has 0 amide bonds. The highest BCUT2D eigenvalue weighted by Gasteiger charge is 2.17. The van der Waals surface area contributed by atoms with Crippen LogP contribution in [0.1, 0.15) is 31.0 Å². The summed E-state index contributed by atoms with van der Waals surface area (Å²) >= 11 is 12.0. The molecule has 0 bridgehead atoms. The minimum atomic E-state index is 0.253. The van der Waals surface area contributed by atoms with Gasteiger partial charge in [0.05, 0.1) is 10.0 Å². The molecule has 0 aliphatic rings. The van der Waals surface area contributed by atoms with E-state index in [1.54, 1.807) is 6.07 Å². The Labute approximate surface area is 127 Å². The first-order valence-electron chi connectivity index (χ1n) is 6.10. The summed E-state index contributed by atoms with van der Waals surface area (Å²) in [6, 6.07) is 1.61. The van der Waals surface area contributed by atoms with Gasteiger partial charge in [0.2, 0.25) is 0 Å². The number of hydrogen-bond donors (Lipinski definition) is 2. The molecular weight excluding hydrogens is 297 g/mol. The van der Waals surface area contributed by atoms with Gasteiger partial charge in [-0.05, 0) is 18.9 Å². The highest BCUT2D eigenvalue weighted by molar-refractivity contribution is 6.35. The number of aryl methyl sites for hydroxylation is 1. The highest BCUT2D eigenvalue weighted by Crippen LogP contribution is 2.30. The molecule has 20 heavy (non-hydrogen) atoms. The number of anilines is 1. The van der Waals surface area contributed by atoms with E-state index in [-0.39, 0.29) is 5.92 Å². The number of pyridine rings is 1. The van der Waals surface area contributed by atoms with Crippen LogP contribution in [0.5, 0.6) is 0 Å². The number of halogens is 2. The maximum atomic E-state index is 6.14. The Kier molecular flexibility index (Phi) is 4.42. The third-order valence-corrected chi connectivity index (χ3v) is 3.36. The van der Waals surface area contributed by atoms with Gasteiger partial charge in [-0.15, -0.1) is 0 Å². The number of nitrogens with one attached hydrogen (secondary N) is 1. The van der Waals surface area contributed by atoms with Crippen LogP contribution in [0, 0.1) is 6.92 Å². The van der Waals surface area contributed by atoms with Crippen molar-refractivity contribution in [3.05, 3.63) is 33.6 Å². The second-order valence-corrected chi connectivity index (χ2v) is 5.52. The average molecular weight is 312 g/mol. The van der Waals surface area contributed by atoms with E-state index in [1.165, 1.54) is 6.20 Å². The van der Waals surface area contributed by atoms with Gasteiger partial charge in [0.15, 0.2) is 5.82 Å². The lowest BCUT2D eigenvalue weighted by Gasteiger charge is -2.15. The van der Waals surface area contributed by atoms with E-state index in [2.05, 4.69) is 34.2 Å². The lowest BCUT2D eigenvalue weighted by molar-refractivity contribution is 0.831. The predicted octanol–water partition coefficient (Wildman–Crippen LogP) is 3.56. The van der Waals surface area contributed by atoms with Crippen LogP contribution >= 0.6 is 23.2 Å². The summed E-state index contributed by atoms with van der Waals surface area (Å²) in [4.78, 5) is 13.0.